The normalized spacial score (nSPS) is 22.5. The van der Waals surface area contributed by atoms with Crippen LogP contribution in [0.15, 0.2) is 91.0 Å². The lowest BCUT2D eigenvalue weighted by molar-refractivity contribution is -0.156. The fraction of sp³-hybridized carbons (Fsp3) is 0.222. The van der Waals surface area contributed by atoms with Crippen molar-refractivity contribution in [2.45, 2.75) is 28.9 Å². The summed E-state index contributed by atoms with van der Waals surface area (Å²) in [7, 11) is -6.72. The van der Waals surface area contributed by atoms with Crippen LogP contribution in [0.1, 0.15) is 31.1 Å². The van der Waals surface area contributed by atoms with Crippen LogP contribution in [0.2, 0.25) is 0 Å². The van der Waals surface area contributed by atoms with E-state index in [9.17, 15) is 41.1 Å². The molecule has 1 saturated heterocycles. The summed E-state index contributed by atoms with van der Waals surface area (Å²) < 4.78 is 87.6. The van der Waals surface area contributed by atoms with Crippen LogP contribution in [-0.4, -0.2) is 67.0 Å². The van der Waals surface area contributed by atoms with E-state index in [0.29, 0.717) is 0 Å². The molecule has 0 aromatic heterocycles. The second-order valence-corrected chi connectivity index (χ2v) is 10.8. The molecule has 1 N–H and O–H groups in total. The van der Waals surface area contributed by atoms with Crippen molar-refractivity contribution in [1.82, 2.24) is 0 Å². The number of rotatable bonds is 8. The summed E-state index contributed by atoms with van der Waals surface area (Å²) in [5.41, 5.74) is -6.55. The summed E-state index contributed by atoms with van der Waals surface area (Å²) in [6, 6.07) is 20.8. The van der Waals surface area contributed by atoms with Crippen molar-refractivity contribution in [3.63, 3.8) is 0 Å². The molecule has 14 heteroatoms. The number of aliphatic hydroxyl groups is 1. The quantitative estimate of drug-likeness (QED) is 0.305. The van der Waals surface area contributed by atoms with Crippen molar-refractivity contribution in [3.05, 3.63) is 108 Å². The Morgan fingerprint density at radius 3 is 1.61 bits per heavy atom. The Labute approximate surface area is 231 Å². The summed E-state index contributed by atoms with van der Waals surface area (Å²) in [6.07, 6.45) is -7.58. The molecule has 41 heavy (non-hydrogen) atoms. The smallest absolute Gasteiger partial charge is 0.459 e. The standard InChI is InChI=1S/C27H21F3O10S/c28-27(29,30)41(35,36)26(34)21(39-23(32)18-12-6-2-7-13-18)20(16-37-22(31)17-10-4-1-5-11-17)38-25(26)40-24(33)19-14-8-3-9-15-19/h1-15,20-21,25,34H,16H2/t20-,21-,25?,26+/m1/s1. The molecule has 1 aliphatic rings. The van der Waals surface area contributed by atoms with Crippen molar-refractivity contribution in [2.24, 2.45) is 0 Å². The van der Waals surface area contributed by atoms with Crippen LogP contribution in [0.3, 0.4) is 0 Å². The average Bonchev–Trinajstić information content (AvgIpc) is 3.23. The maximum Gasteiger partial charge on any atom is 0.500 e. The number of carbonyl (C=O) groups excluding carboxylic acids is 3. The van der Waals surface area contributed by atoms with Gasteiger partial charge in [-0.15, -0.1) is 0 Å². The van der Waals surface area contributed by atoms with Crippen molar-refractivity contribution >= 4 is 27.7 Å². The van der Waals surface area contributed by atoms with Gasteiger partial charge in [-0.25, -0.2) is 22.8 Å². The lowest BCUT2D eigenvalue weighted by atomic mass is 10.1. The molecule has 3 aromatic carbocycles. The van der Waals surface area contributed by atoms with Gasteiger partial charge < -0.3 is 24.1 Å². The number of sulfone groups is 1. The SMILES string of the molecule is O=C(OC[C@H]1OC(OC(=O)c2ccccc2)[C@@](O)(S(=O)(=O)C(F)(F)F)[C@@H]1OC(=O)c1ccccc1)c1ccccc1. The Morgan fingerprint density at radius 2 is 1.17 bits per heavy atom. The first-order valence-corrected chi connectivity index (χ1v) is 13.3. The Kier molecular flexibility index (Phi) is 8.47. The van der Waals surface area contributed by atoms with Gasteiger partial charge >= 0.3 is 23.4 Å². The van der Waals surface area contributed by atoms with Crippen LogP contribution in [0.4, 0.5) is 13.2 Å². The first-order valence-electron chi connectivity index (χ1n) is 11.8. The van der Waals surface area contributed by atoms with E-state index in [-0.39, 0.29) is 16.7 Å². The number of ether oxygens (including phenoxy) is 4. The van der Waals surface area contributed by atoms with Crippen LogP contribution >= 0.6 is 0 Å². The van der Waals surface area contributed by atoms with Crippen molar-refractivity contribution in [1.29, 1.82) is 0 Å². The third-order valence-corrected chi connectivity index (χ3v) is 7.87. The highest BCUT2D eigenvalue weighted by Gasteiger charge is 2.75. The molecule has 1 unspecified atom stereocenters. The molecule has 1 fully saturated rings. The number of benzene rings is 3. The van der Waals surface area contributed by atoms with E-state index < -0.39 is 63.3 Å². The minimum atomic E-state index is -6.72. The summed E-state index contributed by atoms with van der Waals surface area (Å²) >= 11 is 0. The molecule has 10 nitrogen and oxygen atoms in total. The van der Waals surface area contributed by atoms with Crippen molar-refractivity contribution in [3.8, 4) is 0 Å². The van der Waals surface area contributed by atoms with Gasteiger partial charge in [0.1, 0.15) is 12.7 Å². The Hall–Kier alpha value is -4.27. The molecule has 0 aliphatic carbocycles. The predicted octanol–water partition coefficient (Wildman–Crippen LogP) is 3.27. The molecule has 216 valence electrons. The van der Waals surface area contributed by atoms with Crippen LogP contribution in [0, 0.1) is 0 Å². The van der Waals surface area contributed by atoms with Crippen molar-refractivity contribution in [2.75, 3.05) is 6.61 Å². The largest absolute Gasteiger partial charge is 0.500 e. The lowest BCUT2D eigenvalue weighted by Crippen LogP contribution is -2.61. The molecule has 1 aliphatic heterocycles. The molecule has 4 atom stereocenters. The highest BCUT2D eigenvalue weighted by molar-refractivity contribution is 7.93. The lowest BCUT2D eigenvalue weighted by Gasteiger charge is -2.32. The highest BCUT2D eigenvalue weighted by Crippen LogP contribution is 2.45. The second-order valence-electron chi connectivity index (χ2n) is 8.64. The fourth-order valence-electron chi connectivity index (χ4n) is 3.90. The Morgan fingerprint density at radius 1 is 0.756 bits per heavy atom. The predicted molar refractivity (Wildman–Crippen MR) is 133 cm³/mol. The molecular formula is C27H21F3O10S. The van der Waals surface area contributed by atoms with E-state index >= 15 is 0 Å². The van der Waals surface area contributed by atoms with E-state index in [2.05, 4.69) is 0 Å². The number of carbonyl (C=O) groups is 3. The summed E-state index contributed by atoms with van der Waals surface area (Å²) in [5.74, 6) is -3.69. The fourth-order valence-corrected chi connectivity index (χ4v) is 5.14. The van der Waals surface area contributed by atoms with Gasteiger partial charge in [-0.2, -0.15) is 13.2 Å². The number of esters is 3. The van der Waals surface area contributed by atoms with Crippen LogP contribution < -0.4 is 0 Å². The van der Waals surface area contributed by atoms with Gasteiger partial charge in [0.15, 0.2) is 6.10 Å². The molecule has 0 spiro atoms. The minimum absolute atomic E-state index is 0.0218. The van der Waals surface area contributed by atoms with Gasteiger partial charge in [-0.1, -0.05) is 54.6 Å². The van der Waals surface area contributed by atoms with E-state index in [1.807, 2.05) is 0 Å². The monoisotopic (exact) mass is 594 g/mol. The van der Waals surface area contributed by atoms with E-state index in [1.165, 1.54) is 84.9 Å². The van der Waals surface area contributed by atoms with E-state index in [1.54, 1.807) is 6.07 Å². The van der Waals surface area contributed by atoms with Gasteiger partial charge in [0, 0.05) is 0 Å². The van der Waals surface area contributed by atoms with Gasteiger partial charge in [0.2, 0.25) is 0 Å². The summed E-state index contributed by atoms with van der Waals surface area (Å²) in [4.78, 5) is 33.8. The first kappa shape index (κ1) is 29.7. The molecule has 3 aromatic rings. The van der Waals surface area contributed by atoms with Crippen LogP contribution in [0.25, 0.3) is 0 Å². The molecule has 0 saturated carbocycles. The Balaban J connectivity index is 1.74. The second kappa shape index (κ2) is 11.7. The third kappa shape index (κ3) is 5.94. The first-order chi connectivity index (χ1) is 19.4. The number of halogens is 3. The van der Waals surface area contributed by atoms with E-state index in [4.69, 9.17) is 18.9 Å². The van der Waals surface area contributed by atoms with Crippen LogP contribution in [-0.2, 0) is 28.8 Å². The number of alkyl halides is 3. The molecular weight excluding hydrogens is 573 g/mol. The zero-order valence-corrected chi connectivity index (χ0v) is 21.6. The molecule has 0 amide bonds. The summed E-state index contributed by atoms with van der Waals surface area (Å²) in [5, 5.41) is 11.3. The maximum absolute atomic E-state index is 13.9. The Bertz CT molecular complexity index is 1500. The zero-order valence-electron chi connectivity index (χ0n) is 20.8. The molecule has 0 radical (unpaired) electrons. The molecule has 0 bridgehead atoms. The van der Waals surface area contributed by atoms with Crippen molar-refractivity contribution < 1.29 is 60.0 Å². The number of hydrogen-bond donors (Lipinski definition) is 1. The highest BCUT2D eigenvalue weighted by atomic mass is 32.2. The van der Waals surface area contributed by atoms with Gasteiger partial charge in [0.05, 0.1) is 16.7 Å². The van der Waals surface area contributed by atoms with Gasteiger partial charge in [0.25, 0.3) is 21.1 Å². The minimum Gasteiger partial charge on any atom is -0.459 e. The van der Waals surface area contributed by atoms with Gasteiger partial charge in [-0.05, 0) is 36.4 Å². The molecule has 4 rings (SSSR count). The third-order valence-electron chi connectivity index (χ3n) is 5.97. The summed E-state index contributed by atoms with van der Waals surface area (Å²) in [6.45, 7) is -1.00. The van der Waals surface area contributed by atoms with Gasteiger partial charge in [-0.3, -0.25) is 0 Å². The van der Waals surface area contributed by atoms with E-state index in [0.717, 1.165) is 0 Å². The molecule has 1 heterocycles. The number of hydrogen-bond acceptors (Lipinski definition) is 10. The maximum atomic E-state index is 13.9. The average molecular weight is 595 g/mol. The zero-order chi connectivity index (χ0) is 29.8. The topological polar surface area (TPSA) is 142 Å². The van der Waals surface area contributed by atoms with Crippen LogP contribution in [0.5, 0.6) is 0 Å².